The first kappa shape index (κ1) is 18.6. The highest BCUT2D eigenvalue weighted by Gasteiger charge is 2.25. The number of carbonyl (C=O) groups excluding carboxylic acids is 1. The summed E-state index contributed by atoms with van der Waals surface area (Å²) < 4.78 is 7.35. The van der Waals surface area contributed by atoms with E-state index in [0.29, 0.717) is 17.4 Å². The predicted octanol–water partition coefficient (Wildman–Crippen LogP) is 4.18. The molecule has 3 aromatic rings. The fourth-order valence-corrected chi connectivity index (χ4v) is 3.56. The third kappa shape index (κ3) is 4.37. The van der Waals surface area contributed by atoms with Crippen LogP contribution in [0, 0.1) is 10.8 Å². The molecule has 1 fully saturated rings. The Morgan fingerprint density at radius 1 is 1.07 bits per heavy atom. The molecule has 1 N–H and O–H groups in total. The number of anilines is 1. The van der Waals surface area contributed by atoms with Crippen molar-refractivity contribution in [2.75, 3.05) is 18.4 Å². The lowest BCUT2D eigenvalue weighted by atomic mass is 9.96. The highest BCUT2D eigenvalue weighted by molar-refractivity contribution is 7.71. The van der Waals surface area contributed by atoms with Gasteiger partial charge in [-0.25, -0.2) is 4.68 Å². The Morgan fingerprint density at radius 3 is 2.39 bits per heavy atom. The number of nitrogens with zero attached hydrogens (tertiary/aromatic N) is 3. The molecule has 1 aliphatic rings. The highest BCUT2D eigenvalue weighted by Crippen LogP contribution is 2.21. The van der Waals surface area contributed by atoms with Gasteiger partial charge in [0.15, 0.2) is 0 Å². The largest absolute Gasteiger partial charge is 0.409 e. The molecule has 28 heavy (non-hydrogen) atoms. The molecule has 0 unspecified atom stereocenters. The van der Waals surface area contributed by atoms with Crippen molar-refractivity contribution >= 4 is 23.8 Å². The summed E-state index contributed by atoms with van der Waals surface area (Å²) in [6.07, 6.45) is 1.63. The summed E-state index contributed by atoms with van der Waals surface area (Å²) in [7, 11) is 0. The van der Waals surface area contributed by atoms with Gasteiger partial charge in [0.25, 0.3) is 4.84 Å². The van der Waals surface area contributed by atoms with Crippen molar-refractivity contribution in [3.63, 3.8) is 0 Å². The predicted molar refractivity (Wildman–Crippen MR) is 110 cm³/mol. The molecule has 1 saturated heterocycles. The van der Waals surface area contributed by atoms with Crippen molar-refractivity contribution in [2.45, 2.75) is 19.5 Å². The molecule has 1 amide bonds. The van der Waals surface area contributed by atoms with Crippen LogP contribution in [-0.2, 0) is 11.5 Å². The summed E-state index contributed by atoms with van der Waals surface area (Å²) in [5.41, 5.74) is 1.75. The van der Waals surface area contributed by atoms with Crippen molar-refractivity contribution in [3.8, 4) is 11.5 Å². The van der Waals surface area contributed by atoms with E-state index in [0.717, 1.165) is 37.2 Å². The van der Waals surface area contributed by atoms with Gasteiger partial charge < -0.3 is 9.73 Å². The monoisotopic (exact) mass is 394 g/mol. The molecule has 144 valence electrons. The molecule has 7 heteroatoms. The molecule has 0 bridgehead atoms. The van der Waals surface area contributed by atoms with Crippen molar-refractivity contribution in [2.24, 2.45) is 5.92 Å². The molecule has 0 aliphatic carbocycles. The molecule has 2 aromatic carbocycles. The number of carbonyl (C=O) groups is 1. The third-order valence-electron chi connectivity index (χ3n) is 4.96. The minimum absolute atomic E-state index is 0.0293. The number of piperidine rings is 1. The van der Waals surface area contributed by atoms with E-state index in [1.54, 1.807) is 4.68 Å². The van der Waals surface area contributed by atoms with Crippen molar-refractivity contribution in [1.29, 1.82) is 0 Å². The molecule has 1 aromatic heterocycles. The lowest BCUT2D eigenvalue weighted by Gasteiger charge is -2.30. The van der Waals surface area contributed by atoms with Gasteiger partial charge in [0, 0.05) is 30.3 Å². The number of likely N-dealkylation sites (tertiary alicyclic amines) is 1. The molecular formula is C21H22N4O2S. The fourth-order valence-electron chi connectivity index (χ4n) is 3.38. The Bertz CT molecular complexity index is 976. The molecule has 0 saturated carbocycles. The van der Waals surface area contributed by atoms with Gasteiger partial charge >= 0.3 is 0 Å². The van der Waals surface area contributed by atoms with E-state index in [-0.39, 0.29) is 11.8 Å². The summed E-state index contributed by atoms with van der Waals surface area (Å²) in [5.74, 6) is 0.652. The van der Waals surface area contributed by atoms with Gasteiger partial charge in [-0.3, -0.25) is 9.69 Å². The number of nitrogens with one attached hydrogen (secondary N) is 1. The van der Waals surface area contributed by atoms with Crippen LogP contribution in [0.2, 0.25) is 0 Å². The molecule has 1 aliphatic heterocycles. The van der Waals surface area contributed by atoms with Crippen LogP contribution >= 0.6 is 12.2 Å². The van der Waals surface area contributed by atoms with Gasteiger partial charge in [-0.2, -0.15) is 0 Å². The summed E-state index contributed by atoms with van der Waals surface area (Å²) in [4.78, 5) is 15.1. The number of benzene rings is 2. The normalized spacial score (nSPS) is 15.4. The number of amides is 1. The average Bonchev–Trinajstić information content (AvgIpc) is 3.10. The number of hydrogen-bond donors (Lipinski definition) is 1. The van der Waals surface area contributed by atoms with Gasteiger partial charge in [-0.05, 0) is 49.3 Å². The SMILES string of the molecule is O=C(Nc1ccccc1)C1CCN(Cn2nc(-c3ccccc3)oc2=S)CC1. The maximum absolute atomic E-state index is 12.5. The van der Waals surface area contributed by atoms with E-state index in [1.165, 1.54) is 0 Å². The average molecular weight is 395 g/mol. The number of aromatic nitrogens is 2. The maximum Gasteiger partial charge on any atom is 0.288 e. The van der Waals surface area contributed by atoms with E-state index in [2.05, 4.69) is 15.3 Å². The Hall–Kier alpha value is -2.77. The Labute approximate surface area is 168 Å². The lowest BCUT2D eigenvalue weighted by Crippen LogP contribution is -2.39. The summed E-state index contributed by atoms with van der Waals surface area (Å²) in [5, 5.41) is 7.51. The second-order valence-corrected chi connectivity index (χ2v) is 7.28. The van der Waals surface area contributed by atoms with E-state index < -0.39 is 0 Å². The Kier molecular flexibility index (Phi) is 5.64. The number of para-hydroxylation sites is 1. The standard InChI is InChI=1S/C21H22N4O2S/c26-19(22-18-9-5-2-6-10-18)16-11-13-24(14-12-16)15-25-21(28)27-20(23-25)17-7-3-1-4-8-17/h1-10,16H,11-15H2,(H,22,26). The quantitative estimate of drug-likeness (QED) is 0.658. The number of hydrogen-bond acceptors (Lipinski definition) is 5. The minimum Gasteiger partial charge on any atom is -0.409 e. The van der Waals surface area contributed by atoms with Crippen molar-refractivity contribution in [1.82, 2.24) is 14.7 Å². The molecule has 0 atom stereocenters. The van der Waals surface area contributed by atoms with E-state index in [4.69, 9.17) is 16.6 Å². The Balaban J connectivity index is 1.33. The minimum atomic E-state index is 0.0293. The topological polar surface area (TPSA) is 63.3 Å². The smallest absolute Gasteiger partial charge is 0.288 e. The van der Waals surface area contributed by atoms with E-state index in [1.807, 2.05) is 60.7 Å². The van der Waals surface area contributed by atoms with Crippen LogP contribution in [-0.4, -0.2) is 33.7 Å². The molecule has 0 spiro atoms. The van der Waals surface area contributed by atoms with Gasteiger partial charge in [0.05, 0.1) is 6.67 Å². The van der Waals surface area contributed by atoms with Gasteiger partial charge in [-0.1, -0.05) is 36.4 Å². The highest BCUT2D eigenvalue weighted by atomic mass is 32.1. The zero-order valence-corrected chi connectivity index (χ0v) is 16.3. The van der Waals surface area contributed by atoms with Crippen LogP contribution in [0.5, 0.6) is 0 Å². The van der Waals surface area contributed by atoms with E-state index >= 15 is 0 Å². The van der Waals surface area contributed by atoms with E-state index in [9.17, 15) is 4.79 Å². The lowest BCUT2D eigenvalue weighted by molar-refractivity contribution is -0.121. The van der Waals surface area contributed by atoms with Crippen LogP contribution in [0.15, 0.2) is 65.1 Å². The summed E-state index contributed by atoms with van der Waals surface area (Å²) in [6, 6.07) is 19.3. The third-order valence-corrected chi connectivity index (χ3v) is 5.25. The van der Waals surface area contributed by atoms with Crippen LogP contribution in [0.4, 0.5) is 5.69 Å². The van der Waals surface area contributed by atoms with Gasteiger partial charge in [-0.15, -0.1) is 5.10 Å². The first-order chi connectivity index (χ1) is 13.7. The fraction of sp³-hybridized carbons (Fsp3) is 0.286. The molecule has 6 nitrogen and oxygen atoms in total. The number of rotatable bonds is 5. The zero-order valence-electron chi connectivity index (χ0n) is 15.5. The van der Waals surface area contributed by atoms with Crippen molar-refractivity contribution in [3.05, 3.63) is 65.5 Å². The summed E-state index contributed by atoms with van der Waals surface area (Å²) >= 11 is 5.32. The van der Waals surface area contributed by atoms with Gasteiger partial charge in [0.1, 0.15) is 0 Å². The molecule has 4 rings (SSSR count). The second kappa shape index (κ2) is 8.50. The molecule has 0 radical (unpaired) electrons. The maximum atomic E-state index is 12.5. The molecular weight excluding hydrogens is 372 g/mol. The first-order valence-electron chi connectivity index (χ1n) is 9.41. The second-order valence-electron chi connectivity index (χ2n) is 6.93. The zero-order chi connectivity index (χ0) is 19.3. The van der Waals surface area contributed by atoms with Crippen LogP contribution in [0.25, 0.3) is 11.5 Å². The van der Waals surface area contributed by atoms with Crippen LogP contribution in [0.1, 0.15) is 12.8 Å². The van der Waals surface area contributed by atoms with Crippen LogP contribution < -0.4 is 5.32 Å². The summed E-state index contributed by atoms with van der Waals surface area (Å²) in [6.45, 7) is 2.21. The Morgan fingerprint density at radius 2 is 1.71 bits per heavy atom. The first-order valence-corrected chi connectivity index (χ1v) is 9.81. The van der Waals surface area contributed by atoms with Crippen LogP contribution in [0.3, 0.4) is 0 Å². The van der Waals surface area contributed by atoms with Gasteiger partial charge in [0.2, 0.25) is 11.8 Å². The van der Waals surface area contributed by atoms with Crippen molar-refractivity contribution < 1.29 is 9.21 Å². The molecule has 2 heterocycles.